The van der Waals surface area contributed by atoms with E-state index in [1.807, 2.05) is 12.1 Å². The molecule has 0 aliphatic heterocycles. The number of rotatable bonds is 8. The molecular weight excluding hydrogens is 335 g/mol. The molecule has 1 aliphatic carbocycles. The number of nitrogens with zero attached hydrogens (tertiary/aromatic N) is 2. The van der Waals surface area contributed by atoms with Crippen molar-refractivity contribution in [3.63, 3.8) is 0 Å². The quantitative estimate of drug-likeness (QED) is 0.367. The maximum absolute atomic E-state index is 14.7. The molecule has 0 unspecified atom stereocenters. The molecule has 1 aliphatic rings. The normalized spacial score (nSPS) is 20.0. The molecule has 0 amide bonds. The van der Waals surface area contributed by atoms with Crippen LogP contribution in [0.2, 0.25) is 0 Å². The van der Waals surface area contributed by atoms with Gasteiger partial charge in [-0.05, 0) is 55.6 Å². The van der Waals surface area contributed by atoms with E-state index in [1.54, 1.807) is 6.20 Å². The van der Waals surface area contributed by atoms with E-state index in [-0.39, 0.29) is 5.95 Å². The second-order valence-corrected chi connectivity index (χ2v) is 8.09. The van der Waals surface area contributed by atoms with Gasteiger partial charge in [-0.15, -0.1) is 0 Å². The molecule has 3 heteroatoms. The summed E-state index contributed by atoms with van der Waals surface area (Å²) in [6, 6.07) is 8.21. The zero-order chi connectivity index (χ0) is 19.1. The van der Waals surface area contributed by atoms with Crippen molar-refractivity contribution in [1.82, 2.24) is 9.97 Å². The molecule has 1 heterocycles. The minimum absolute atomic E-state index is 0.322. The van der Waals surface area contributed by atoms with Crippen LogP contribution in [-0.4, -0.2) is 9.97 Å². The summed E-state index contributed by atoms with van der Waals surface area (Å²) < 4.78 is 14.7. The Labute approximate surface area is 163 Å². The van der Waals surface area contributed by atoms with Gasteiger partial charge in [0, 0.05) is 12.1 Å². The first-order valence-corrected chi connectivity index (χ1v) is 10.8. The number of halogens is 1. The minimum atomic E-state index is -0.380. The van der Waals surface area contributed by atoms with Gasteiger partial charge in [-0.1, -0.05) is 63.8 Å². The van der Waals surface area contributed by atoms with Gasteiger partial charge in [-0.25, -0.2) is 9.97 Å². The van der Waals surface area contributed by atoms with Gasteiger partial charge in [0.25, 0.3) is 0 Å². The average Bonchev–Trinajstić information content (AvgIpc) is 2.70. The van der Waals surface area contributed by atoms with Crippen LogP contribution in [0.4, 0.5) is 4.39 Å². The number of unbranched alkanes of at least 4 members (excludes halogenated alkanes) is 2. The highest BCUT2D eigenvalue weighted by Crippen LogP contribution is 2.36. The first-order valence-electron chi connectivity index (χ1n) is 10.8. The van der Waals surface area contributed by atoms with Gasteiger partial charge in [-0.3, -0.25) is 0 Å². The van der Waals surface area contributed by atoms with Gasteiger partial charge in [0.05, 0.1) is 5.56 Å². The van der Waals surface area contributed by atoms with Crippen LogP contribution < -0.4 is 0 Å². The highest BCUT2D eigenvalue weighted by atomic mass is 19.1. The van der Waals surface area contributed by atoms with Crippen molar-refractivity contribution in [1.29, 1.82) is 0 Å². The maximum Gasteiger partial charge on any atom is 0.224 e. The molecule has 2 nitrogen and oxygen atoms in total. The summed E-state index contributed by atoms with van der Waals surface area (Å²) in [7, 11) is 0. The minimum Gasteiger partial charge on any atom is -0.240 e. The van der Waals surface area contributed by atoms with Crippen molar-refractivity contribution in [2.75, 3.05) is 0 Å². The van der Waals surface area contributed by atoms with Gasteiger partial charge >= 0.3 is 0 Å². The van der Waals surface area contributed by atoms with E-state index in [1.165, 1.54) is 50.5 Å². The predicted molar refractivity (Wildman–Crippen MR) is 110 cm³/mol. The second kappa shape index (κ2) is 9.96. The summed E-state index contributed by atoms with van der Waals surface area (Å²) in [6.07, 6.45) is 13.7. The fourth-order valence-corrected chi connectivity index (χ4v) is 4.31. The Hall–Kier alpha value is -1.77. The summed E-state index contributed by atoms with van der Waals surface area (Å²) in [5.74, 6) is 1.48. The highest BCUT2D eigenvalue weighted by Gasteiger charge is 2.24. The molecule has 0 atom stereocenters. The van der Waals surface area contributed by atoms with Crippen molar-refractivity contribution in [3.8, 4) is 11.1 Å². The zero-order valence-corrected chi connectivity index (χ0v) is 16.9. The highest BCUT2D eigenvalue weighted by molar-refractivity contribution is 5.62. The number of benzene rings is 1. The van der Waals surface area contributed by atoms with Crippen molar-refractivity contribution in [3.05, 3.63) is 47.8 Å². The third kappa shape index (κ3) is 5.37. The molecule has 0 saturated heterocycles. The van der Waals surface area contributed by atoms with Crippen LogP contribution in [0.5, 0.6) is 0 Å². The molecule has 0 radical (unpaired) electrons. The van der Waals surface area contributed by atoms with Crippen molar-refractivity contribution >= 4 is 0 Å². The Morgan fingerprint density at radius 3 is 2.33 bits per heavy atom. The average molecular weight is 369 g/mol. The first kappa shape index (κ1) is 20.0. The number of aromatic nitrogens is 2. The molecule has 3 rings (SSSR count). The van der Waals surface area contributed by atoms with E-state index in [4.69, 9.17) is 0 Å². The standard InChI is InChI=1S/C24H33FN2/c1-3-5-6-8-19-9-13-20(14-10-19)22-17-26-24(27-23(22)25)21-15-11-18(7-4-2)12-16-21/h9-10,13-14,17-18,21H,3-8,11-12,15-16H2,1-2H3/t18-,21-. The van der Waals surface area contributed by atoms with Crippen LogP contribution in [0.15, 0.2) is 30.5 Å². The first-order chi connectivity index (χ1) is 13.2. The second-order valence-electron chi connectivity index (χ2n) is 8.09. The SMILES string of the molecule is CCCCCc1ccc(-c2cnc([C@H]3CC[C@H](CCC)CC3)nc2F)cc1. The van der Waals surface area contributed by atoms with Gasteiger partial charge in [0.15, 0.2) is 0 Å². The van der Waals surface area contributed by atoms with E-state index in [0.29, 0.717) is 17.3 Å². The molecule has 0 bridgehead atoms. The van der Waals surface area contributed by atoms with Gasteiger partial charge < -0.3 is 0 Å². The molecule has 0 spiro atoms. The van der Waals surface area contributed by atoms with Crippen LogP contribution in [-0.2, 0) is 6.42 Å². The fraction of sp³-hybridized carbons (Fsp3) is 0.583. The Morgan fingerprint density at radius 1 is 0.963 bits per heavy atom. The molecule has 2 aromatic rings. The number of hydrogen-bond acceptors (Lipinski definition) is 2. The van der Waals surface area contributed by atoms with Crippen LogP contribution >= 0.6 is 0 Å². The summed E-state index contributed by atoms with van der Waals surface area (Å²) in [5.41, 5.74) is 2.69. The third-order valence-electron chi connectivity index (χ3n) is 6.00. The largest absolute Gasteiger partial charge is 0.240 e. The molecule has 1 saturated carbocycles. The topological polar surface area (TPSA) is 25.8 Å². The van der Waals surface area contributed by atoms with Crippen LogP contribution in [0.1, 0.15) is 88.9 Å². The van der Waals surface area contributed by atoms with Gasteiger partial charge in [0.1, 0.15) is 5.82 Å². The molecule has 27 heavy (non-hydrogen) atoms. The summed E-state index contributed by atoms with van der Waals surface area (Å²) >= 11 is 0. The molecule has 0 N–H and O–H groups in total. The number of hydrogen-bond donors (Lipinski definition) is 0. The maximum atomic E-state index is 14.7. The predicted octanol–water partition coefficient (Wildman–Crippen LogP) is 7.09. The molecule has 146 valence electrons. The lowest BCUT2D eigenvalue weighted by Gasteiger charge is -2.27. The van der Waals surface area contributed by atoms with E-state index >= 15 is 0 Å². The van der Waals surface area contributed by atoms with E-state index < -0.39 is 0 Å². The van der Waals surface area contributed by atoms with Gasteiger partial charge in [0.2, 0.25) is 5.95 Å². The summed E-state index contributed by atoms with van der Waals surface area (Å²) in [6.45, 7) is 4.47. The fourth-order valence-electron chi connectivity index (χ4n) is 4.31. The third-order valence-corrected chi connectivity index (χ3v) is 6.00. The summed E-state index contributed by atoms with van der Waals surface area (Å²) in [4.78, 5) is 8.79. The van der Waals surface area contributed by atoms with Gasteiger partial charge in [-0.2, -0.15) is 4.39 Å². The summed E-state index contributed by atoms with van der Waals surface area (Å²) in [5, 5.41) is 0. The van der Waals surface area contributed by atoms with E-state index in [0.717, 1.165) is 30.7 Å². The Bertz CT molecular complexity index is 703. The molecular formula is C24H33FN2. The van der Waals surface area contributed by atoms with Crippen LogP contribution in [0.25, 0.3) is 11.1 Å². The van der Waals surface area contributed by atoms with Crippen molar-refractivity contribution in [2.24, 2.45) is 5.92 Å². The lowest BCUT2D eigenvalue weighted by molar-refractivity contribution is 0.301. The lowest BCUT2D eigenvalue weighted by atomic mass is 9.80. The smallest absolute Gasteiger partial charge is 0.224 e. The molecule has 1 aromatic carbocycles. The monoisotopic (exact) mass is 368 g/mol. The van der Waals surface area contributed by atoms with Crippen LogP contribution in [0, 0.1) is 11.9 Å². The lowest BCUT2D eigenvalue weighted by Crippen LogP contribution is -2.16. The van der Waals surface area contributed by atoms with Crippen LogP contribution in [0.3, 0.4) is 0 Å². The van der Waals surface area contributed by atoms with Crippen molar-refractivity contribution < 1.29 is 4.39 Å². The zero-order valence-electron chi connectivity index (χ0n) is 16.9. The molecule has 1 aromatic heterocycles. The van der Waals surface area contributed by atoms with E-state index in [2.05, 4.69) is 35.9 Å². The Kier molecular flexibility index (Phi) is 7.37. The Morgan fingerprint density at radius 2 is 1.70 bits per heavy atom. The van der Waals surface area contributed by atoms with E-state index in [9.17, 15) is 4.39 Å². The Balaban J connectivity index is 1.64. The molecule has 1 fully saturated rings. The van der Waals surface area contributed by atoms with Crippen molar-refractivity contribution in [2.45, 2.75) is 84.0 Å². The number of aryl methyl sites for hydroxylation is 1.